The lowest BCUT2D eigenvalue weighted by atomic mass is 10.2. The highest BCUT2D eigenvalue weighted by Gasteiger charge is 2.41. The Hall–Kier alpha value is -3.44. The van der Waals surface area contributed by atoms with Crippen LogP contribution in [0, 0.1) is 10.1 Å². The molecule has 0 aliphatic carbocycles. The van der Waals surface area contributed by atoms with Crippen molar-refractivity contribution in [3.8, 4) is 5.75 Å². The lowest BCUT2D eigenvalue weighted by molar-refractivity contribution is -0.384. The van der Waals surface area contributed by atoms with Gasteiger partial charge in [0.1, 0.15) is 11.0 Å². The highest BCUT2D eigenvalue weighted by Crippen LogP contribution is 2.34. The molecule has 2 amide bonds. The maximum absolute atomic E-state index is 13.1. The Morgan fingerprint density at radius 2 is 2.00 bits per heavy atom. The minimum Gasteiger partial charge on any atom is -0.497 e. The number of thioether (sulfide) groups is 1. The summed E-state index contributed by atoms with van der Waals surface area (Å²) >= 11 is 1.20. The van der Waals surface area contributed by atoms with E-state index in [2.05, 4.69) is 10.3 Å². The summed E-state index contributed by atoms with van der Waals surface area (Å²) in [7, 11) is 3.12. The largest absolute Gasteiger partial charge is 0.497 e. The molecule has 3 rings (SSSR count). The Morgan fingerprint density at radius 1 is 1.27 bits per heavy atom. The number of amides is 2. The molecule has 2 aromatic carbocycles. The number of carbonyl (C=O) groups excluding carboxylic acids is 2. The molecule has 1 aliphatic rings. The van der Waals surface area contributed by atoms with Crippen LogP contribution in [0.2, 0.25) is 0 Å². The first-order chi connectivity index (χ1) is 15.8. The average molecular weight is 473 g/mol. The van der Waals surface area contributed by atoms with Crippen molar-refractivity contribution in [1.82, 2.24) is 4.90 Å². The number of hydrogen-bond donors (Lipinski definition) is 1. The molecule has 2 unspecified atom stereocenters. The number of non-ortho nitro benzene ring substituents is 1. The van der Waals surface area contributed by atoms with Crippen LogP contribution >= 0.6 is 11.8 Å². The first-order valence-electron chi connectivity index (χ1n) is 10.1. The van der Waals surface area contributed by atoms with Gasteiger partial charge < -0.3 is 14.8 Å². The highest BCUT2D eigenvalue weighted by atomic mass is 32.2. The van der Waals surface area contributed by atoms with Gasteiger partial charge in [-0.25, -0.2) is 4.99 Å². The van der Waals surface area contributed by atoms with Gasteiger partial charge in [0.05, 0.1) is 30.4 Å². The number of nitro groups is 1. The number of nitrogens with zero attached hydrogens (tertiary/aromatic N) is 3. The number of anilines is 1. The predicted octanol–water partition coefficient (Wildman–Crippen LogP) is 3.60. The Labute approximate surface area is 195 Å². The van der Waals surface area contributed by atoms with Crippen molar-refractivity contribution in [2.75, 3.05) is 26.1 Å². The van der Waals surface area contributed by atoms with E-state index in [9.17, 15) is 19.7 Å². The van der Waals surface area contributed by atoms with Gasteiger partial charge in [-0.3, -0.25) is 24.6 Å². The summed E-state index contributed by atoms with van der Waals surface area (Å²) in [5.74, 6) is 0.0202. The minimum atomic E-state index is -0.681. The Morgan fingerprint density at radius 3 is 2.64 bits per heavy atom. The van der Waals surface area contributed by atoms with Crippen molar-refractivity contribution in [2.24, 2.45) is 4.99 Å². The fourth-order valence-electron chi connectivity index (χ4n) is 3.26. The molecule has 2 aromatic rings. The lowest BCUT2D eigenvalue weighted by Crippen LogP contribution is -2.42. The van der Waals surface area contributed by atoms with E-state index in [1.165, 1.54) is 30.0 Å². The first kappa shape index (κ1) is 24.2. The van der Waals surface area contributed by atoms with Crippen molar-refractivity contribution < 1.29 is 24.0 Å². The van der Waals surface area contributed by atoms with Crippen LogP contribution in [0.4, 0.5) is 17.1 Å². The zero-order chi connectivity index (χ0) is 24.0. The number of hydrogen-bond acceptors (Lipinski definition) is 8. The molecule has 11 heteroatoms. The van der Waals surface area contributed by atoms with Crippen LogP contribution in [0.15, 0.2) is 53.5 Å². The summed E-state index contributed by atoms with van der Waals surface area (Å²) in [5, 5.41) is 13.4. The number of methoxy groups -OCH3 is 2. The molecular weight excluding hydrogens is 448 g/mol. The summed E-state index contributed by atoms with van der Waals surface area (Å²) in [6, 6.07) is 12.5. The van der Waals surface area contributed by atoms with E-state index in [-0.39, 0.29) is 24.1 Å². The molecule has 1 fully saturated rings. The highest BCUT2D eigenvalue weighted by molar-refractivity contribution is 8.15. The number of rotatable bonds is 9. The fourth-order valence-corrected chi connectivity index (χ4v) is 4.50. The van der Waals surface area contributed by atoms with Gasteiger partial charge in [0, 0.05) is 31.4 Å². The average Bonchev–Trinajstić information content (AvgIpc) is 3.09. The van der Waals surface area contributed by atoms with Crippen LogP contribution in [-0.2, 0) is 14.3 Å². The summed E-state index contributed by atoms with van der Waals surface area (Å²) in [6.07, 6.45) is -0.107. The summed E-state index contributed by atoms with van der Waals surface area (Å²) < 4.78 is 10.4. The predicted molar refractivity (Wildman–Crippen MR) is 126 cm³/mol. The van der Waals surface area contributed by atoms with E-state index in [4.69, 9.17) is 9.47 Å². The van der Waals surface area contributed by atoms with Crippen LogP contribution < -0.4 is 10.1 Å². The molecule has 0 bridgehead atoms. The van der Waals surface area contributed by atoms with Crippen molar-refractivity contribution in [1.29, 1.82) is 0 Å². The number of nitro benzene ring substituents is 1. The molecule has 1 heterocycles. The third kappa shape index (κ3) is 6.08. The fraction of sp³-hybridized carbons (Fsp3) is 0.318. The van der Waals surface area contributed by atoms with Gasteiger partial charge in [-0.1, -0.05) is 17.8 Å². The second-order valence-corrected chi connectivity index (χ2v) is 8.44. The Kier molecular flexibility index (Phi) is 8.01. The van der Waals surface area contributed by atoms with Crippen LogP contribution in [0.5, 0.6) is 5.75 Å². The van der Waals surface area contributed by atoms with Crippen LogP contribution in [0.3, 0.4) is 0 Å². The quantitative estimate of drug-likeness (QED) is 0.437. The zero-order valence-corrected chi connectivity index (χ0v) is 19.2. The maximum atomic E-state index is 13.1. The second kappa shape index (κ2) is 10.9. The van der Waals surface area contributed by atoms with Crippen molar-refractivity contribution >= 4 is 45.8 Å². The topological polar surface area (TPSA) is 123 Å². The molecule has 1 N–H and O–H groups in total. The minimum absolute atomic E-state index is 0.107. The van der Waals surface area contributed by atoms with Gasteiger partial charge in [-0.15, -0.1) is 0 Å². The first-order valence-corrected chi connectivity index (χ1v) is 11.0. The number of nitrogens with one attached hydrogen (secondary N) is 1. The van der Waals surface area contributed by atoms with Crippen LogP contribution in [0.25, 0.3) is 0 Å². The monoisotopic (exact) mass is 472 g/mol. The maximum Gasteiger partial charge on any atom is 0.271 e. The van der Waals surface area contributed by atoms with Crippen LogP contribution in [-0.4, -0.2) is 58.9 Å². The van der Waals surface area contributed by atoms with Gasteiger partial charge in [0.25, 0.3) is 5.69 Å². The summed E-state index contributed by atoms with van der Waals surface area (Å²) in [4.78, 5) is 42.3. The second-order valence-electron chi connectivity index (χ2n) is 7.27. The summed E-state index contributed by atoms with van der Waals surface area (Å²) in [6.45, 7) is 2.15. The number of benzene rings is 2. The lowest BCUT2D eigenvalue weighted by Gasteiger charge is -2.23. The molecule has 0 radical (unpaired) electrons. The molecule has 0 saturated carbocycles. The SMILES string of the molecule is COCC(C)N1C(=O)C(CC(=O)Nc2cccc([N+](=O)[O-])c2)SC1=Nc1ccc(OC)cc1. The van der Waals surface area contributed by atoms with E-state index < -0.39 is 16.1 Å². The van der Waals surface area contributed by atoms with E-state index in [1.807, 2.05) is 6.92 Å². The molecule has 0 aromatic heterocycles. The van der Waals surface area contributed by atoms with Crippen LogP contribution in [0.1, 0.15) is 13.3 Å². The van der Waals surface area contributed by atoms with Gasteiger partial charge >= 0.3 is 0 Å². The van der Waals surface area contributed by atoms with Gasteiger partial charge in [-0.2, -0.15) is 0 Å². The molecule has 0 spiro atoms. The Bertz CT molecular complexity index is 1060. The standard InChI is InChI=1S/C22H24N4O6S/c1-14(13-31-2)25-21(28)19(33-22(25)24-15-7-9-18(32-3)10-8-15)12-20(27)23-16-5-4-6-17(11-16)26(29)30/h4-11,14,19H,12-13H2,1-3H3,(H,23,27). The van der Waals surface area contributed by atoms with Crippen molar-refractivity contribution in [3.05, 3.63) is 58.6 Å². The van der Waals surface area contributed by atoms with E-state index in [0.29, 0.717) is 28.9 Å². The molecular formula is C22H24N4O6S. The number of amidine groups is 1. The summed E-state index contributed by atoms with van der Waals surface area (Å²) in [5.41, 5.74) is 0.802. The molecule has 1 saturated heterocycles. The molecule has 1 aliphatic heterocycles. The zero-order valence-electron chi connectivity index (χ0n) is 18.4. The van der Waals surface area contributed by atoms with Gasteiger partial charge in [0.2, 0.25) is 11.8 Å². The van der Waals surface area contributed by atoms with Crippen molar-refractivity contribution in [3.63, 3.8) is 0 Å². The number of carbonyl (C=O) groups is 2. The van der Waals surface area contributed by atoms with E-state index in [0.717, 1.165) is 0 Å². The van der Waals surface area contributed by atoms with E-state index >= 15 is 0 Å². The van der Waals surface area contributed by atoms with Gasteiger partial charge in [-0.05, 0) is 37.3 Å². The molecule has 174 valence electrons. The molecule has 2 atom stereocenters. The smallest absolute Gasteiger partial charge is 0.271 e. The Balaban J connectivity index is 1.77. The third-order valence-electron chi connectivity index (χ3n) is 4.82. The van der Waals surface area contributed by atoms with Crippen molar-refractivity contribution in [2.45, 2.75) is 24.6 Å². The van der Waals surface area contributed by atoms with E-state index in [1.54, 1.807) is 49.5 Å². The van der Waals surface area contributed by atoms with Gasteiger partial charge in [0.15, 0.2) is 5.17 Å². The molecule has 10 nitrogen and oxygen atoms in total. The number of aliphatic imine (C=N–C) groups is 1. The third-order valence-corrected chi connectivity index (χ3v) is 5.98. The number of ether oxygens (including phenoxy) is 2. The molecule has 33 heavy (non-hydrogen) atoms. The normalized spacial score (nSPS) is 17.8.